The van der Waals surface area contributed by atoms with Crippen molar-refractivity contribution in [1.82, 2.24) is 14.9 Å². The van der Waals surface area contributed by atoms with E-state index in [1.165, 1.54) is 24.1 Å². The fraction of sp³-hybridized carbons (Fsp3) is 0.500. The van der Waals surface area contributed by atoms with Gasteiger partial charge in [0.1, 0.15) is 11.6 Å². The van der Waals surface area contributed by atoms with Crippen molar-refractivity contribution in [2.24, 2.45) is 5.92 Å². The van der Waals surface area contributed by atoms with E-state index in [1.54, 1.807) is 6.26 Å². The second-order valence-corrected chi connectivity index (χ2v) is 5.95. The number of rotatable bonds is 4. The molecule has 0 bridgehead atoms. The van der Waals surface area contributed by atoms with Crippen molar-refractivity contribution in [3.63, 3.8) is 0 Å². The molecule has 1 saturated carbocycles. The zero-order valence-electron chi connectivity index (χ0n) is 11.6. The van der Waals surface area contributed by atoms with Gasteiger partial charge in [-0.25, -0.2) is 9.97 Å². The molecule has 0 radical (unpaired) electrons. The summed E-state index contributed by atoms with van der Waals surface area (Å²) < 4.78 is 5.43. The molecule has 20 heavy (non-hydrogen) atoms. The van der Waals surface area contributed by atoms with E-state index in [1.807, 2.05) is 18.3 Å². The minimum absolute atomic E-state index is 0.843. The van der Waals surface area contributed by atoms with E-state index >= 15 is 0 Å². The average molecular weight is 269 g/mol. The topological polar surface area (TPSA) is 42.2 Å². The third kappa shape index (κ3) is 2.61. The van der Waals surface area contributed by atoms with Crippen LogP contribution in [0.25, 0.3) is 0 Å². The van der Waals surface area contributed by atoms with Gasteiger partial charge in [0.2, 0.25) is 0 Å². The highest BCUT2D eigenvalue weighted by Crippen LogP contribution is 2.32. The van der Waals surface area contributed by atoms with Crippen molar-refractivity contribution >= 4 is 0 Å². The second-order valence-electron chi connectivity index (χ2n) is 5.95. The molecule has 1 aliphatic carbocycles. The second kappa shape index (κ2) is 5.02. The van der Waals surface area contributed by atoms with Gasteiger partial charge in [-0.1, -0.05) is 0 Å². The van der Waals surface area contributed by atoms with Gasteiger partial charge in [-0.15, -0.1) is 0 Å². The van der Waals surface area contributed by atoms with Crippen LogP contribution in [0.3, 0.4) is 0 Å². The van der Waals surface area contributed by atoms with Crippen LogP contribution < -0.4 is 0 Å². The Kier molecular flexibility index (Phi) is 3.03. The summed E-state index contributed by atoms with van der Waals surface area (Å²) in [6.07, 6.45) is 8.59. The zero-order chi connectivity index (χ0) is 13.4. The van der Waals surface area contributed by atoms with Crippen molar-refractivity contribution in [1.29, 1.82) is 0 Å². The number of furan rings is 1. The molecule has 0 saturated heterocycles. The van der Waals surface area contributed by atoms with Crippen LogP contribution in [0.15, 0.2) is 29.0 Å². The molecular formula is C16H19N3O. The van der Waals surface area contributed by atoms with Gasteiger partial charge in [0.05, 0.1) is 18.5 Å². The minimum atomic E-state index is 0.843. The lowest BCUT2D eigenvalue weighted by Gasteiger charge is -2.27. The van der Waals surface area contributed by atoms with Crippen molar-refractivity contribution in [3.8, 4) is 0 Å². The third-order valence-electron chi connectivity index (χ3n) is 4.20. The van der Waals surface area contributed by atoms with Crippen molar-refractivity contribution in [2.75, 3.05) is 6.54 Å². The lowest BCUT2D eigenvalue weighted by Crippen LogP contribution is -2.31. The fourth-order valence-corrected chi connectivity index (χ4v) is 2.83. The molecular weight excluding hydrogens is 250 g/mol. The summed E-state index contributed by atoms with van der Waals surface area (Å²) in [6, 6.07) is 3.98. The lowest BCUT2D eigenvalue weighted by atomic mass is 10.1. The third-order valence-corrected chi connectivity index (χ3v) is 4.20. The highest BCUT2D eigenvalue weighted by Gasteiger charge is 2.24. The summed E-state index contributed by atoms with van der Waals surface area (Å²) in [6.45, 7) is 2.84. The van der Waals surface area contributed by atoms with E-state index < -0.39 is 0 Å². The minimum Gasteiger partial charge on any atom is -0.468 e. The van der Waals surface area contributed by atoms with E-state index in [9.17, 15) is 0 Å². The molecule has 2 aliphatic rings. The number of fused-ring (bicyclic) bond motifs is 1. The standard InChI is InChI=1S/C16H19N3O/c1-2-14(20-7-1)10-19-6-5-13-9-17-16(8-12-3-4-12)18-15(13)11-19/h1-2,7,9,12H,3-6,8,10-11H2. The molecule has 4 rings (SSSR count). The first-order valence-corrected chi connectivity index (χ1v) is 7.45. The molecule has 0 unspecified atom stereocenters. The Balaban J connectivity index is 1.48. The summed E-state index contributed by atoms with van der Waals surface area (Å²) >= 11 is 0. The molecule has 4 nitrogen and oxygen atoms in total. The van der Waals surface area contributed by atoms with E-state index in [2.05, 4.69) is 9.88 Å². The molecule has 3 heterocycles. The maximum Gasteiger partial charge on any atom is 0.128 e. The van der Waals surface area contributed by atoms with Crippen LogP contribution in [-0.2, 0) is 25.9 Å². The normalized spacial score (nSPS) is 19.0. The Morgan fingerprint density at radius 1 is 1.35 bits per heavy atom. The Hall–Kier alpha value is -1.68. The van der Waals surface area contributed by atoms with E-state index in [-0.39, 0.29) is 0 Å². The summed E-state index contributed by atoms with van der Waals surface area (Å²) in [7, 11) is 0. The molecule has 0 N–H and O–H groups in total. The number of aromatic nitrogens is 2. The molecule has 1 fully saturated rings. The quantitative estimate of drug-likeness (QED) is 0.855. The Morgan fingerprint density at radius 3 is 3.10 bits per heavy atom. The molecule has 0 spiro atoms. The predicted octanol–water partition coefficient (Wildman–Crippen LogP) is 2.58. The largest absolute Gasteiger partial charge is 0.468 e. The van der Waals surface area contributed by atoms with E-state index in [0.29, 0.717) is 0 Å². The highest BCUT2D eigenvalue weighted by atomic mass is 16.3. The molecule has 2 aromatic rings. The molecule has 1 aliphatic heterocycles. The summed E-state index contributed by atoms with van der Waals surface area (Å²) in [5, 5.41) is 0. The molecule has 0 aromatic carbocycles. The summed E-state index contributed by atoms with van der Waals surface area (Å²) in [5.41, 5.74) is 2.54. The monoisotopic (exact) mass is 269 g/mol. The van der Waals surface area contributed by atoms with E-state index in [4.69, 9.17) is 9.40 Å². The molecule has 0 atom stereocenters. The first kappa shape index (κ1) is 12.1. The molecule has 0 amide bonds. The molecule has 104 valence electrons. The van der Waals surface area contributed by atoms with Gasteiger partial charge in [-0.2, -0.15) is 0 Å². The molecule has 4 heteroatoms. The summed E-state index contributed by atoms with van der Waals surface area (Å²) in [5.74, 6) is 2.91. The first-order chi connectivity index (χ1) is 9.87. The maximum atomic E-state index is 5.43. The van der Waals surface area contributed by atoms with E-state index in [0.717, 1.165) is 50.0 Å². The maximum absolute atomic E-state index is 5.43. The summed E-state index contributed by atoms with van der Waals surface area (Å²) in [4.78, 5) is 11.7. The van der Waals surface area contributed by atoms with Gasteiger partial charge in [0.15, 0.2) is 0 Å². The van der Waals surface area contributed by atoms with Gasteiger partial charge < -0.3 is 4.42 Å². The Morgan fingerprint density at radius 2 is 2.30 bits per heavy atom. The Labute approximate surface area is 118 Å². The predicted molar refractivity (Wildman–Crippen MR) is 75.0 cm³/mol. The van der Waals surface area contributed by atoms with Crippen LogP contribution in [0.1, 0.15) is 35.7 Å². The van der Waals surface area contributed by atoms with Crippen LogP contribution in [0.4, 0.5) is 0 Å². The average Bonchev–Trinajstić information content (AvgIpc) is 3.12. The van der Waals surface area contributed by atoms with Gasteiger partial charge >= 0.3 is 0 Å². The molecule has 2 aromatic heterocycles. The number of hydrogen-bond acceptors (Lipinski definition) is 4. The van der Waals surface area contributed by atoms with Gasteiger partial charge in [0.25, 0.3) is 0 Å². The van der Waals surface area contributed by atoms with Crippen molar-refractivity contribution < 1.29 is 4.42 Å². The van der Waals surface area contributed by atoms with Crippen LogP contribution in [0.2, 0.25) is 0 Å². The SMILES string of the molecule is c1coc(CN2CCc3cnc(CC4CC4)nc3C2)c1. The van der Waals surface area contributed by atoms with Gasteiger partial charge in [-0.05, 0) is 42.9 Å². The van der Waals surface area contributed by atoms with Crippen LogP contribution in [-0.4, -0.2) is 21.4 Å². The first-order valence-electron chi connectivity index (χ1n) is 7.45. The van der Waals surface area contributed by atoms with Gasteiger partial charge in [0, 0.05) is 25.7 Å². The smallest absolute Gasteiger partial charge is 0.128 e. The number of hydrogen-bond donors (Lipinski definition) is 0. The van der Waals surface area contributed by atoms with Crippen LogP contribution in [0.5, 0.6) is 0 Å². The highest BCUT2D eigenvalue weighted by molar-refractivity contribution is 5.21. The Bertz CT molecular complexity index is 590. The fourth-order valence-electron chi connectivity index (χ4n) is 2.83. The van der Waals surface area contributed by atoms with Crippen molar-refractivity contribution in [3.05, 3.63) is 47.4 Å². The van der Waals surface area contributed by atoms with Crippen molar-refractivity contribution in [2.45, 2.75) is 38.8 Å². The lowest BCUT2D eigenvalue weighted by molar-refractivity contribution is 0.221. The van der Waals surface area contributed by atoms with Crippen LogP contribution in [0, 0.1) is 5.92 Å². The zero-order valence-corrected chi connectivity index (χ0v) is 11.6. The number of nitrogens with zero attached hydrogens (tertiary/aromatic N) is 3. The van der Waals surface area contributed by atoms with Crippen LogP contribution >= 0.6 is 0 Å². The van der Waals surface area contributed by atoms with Gasteiger partial charge in [-0.3, -0.25) is 4.90 Å².